The van der Waals surface area contributed by atoms with Crippen LogP contribution in [-0.4, -0.2) is 28.8 Å². The van der Waals surface area contributed by atoms with Crippen molar-refractivity contribution in [1.29, 1.82) is 0 Å². The highest BCUT2D eigenvalue weighted by Crippen LogP contribution is 2.26. The van der Waals surface area contributed by atoms with Gasteiger partial charge in [0.05, 0.1) is 0 Å². The number of rotatable bonds is 6. The molecule has 4 nitrogen and oxygen atoms in total. The van der Waals surface area contributed by atoms with Crippen LogP contribution in [0, 0.1) is 12.8 Å². The summed E-state index contributed by atoms with van der Waals surface area (Å²) in [5, 5.41) is 2.24. The van der Waals surface area contributed by atoms with Crippen molar-refractivity contribution in [3.8, 4) is 0 Å². The second kappa shape index (κ2) is 8.73. The van der Waals surface area contributed by atoms with Crippen LogP contribution in [0.25, 0.3) is 10.8 Å². The van der Waals surface area contributed by atoms with Gasteiger partial charge in [-0.1, -0.05) is 37.3 Å². The number of aromatic nitrogens is 2. The molecule has 4 heteroatoms. The maximum atomic E-state index is 12.6. The number of hydrogen-bond donors (Lipinski definition) is 0. The zero-order valence-electron chi connectivity index (χ0n) is 17.4. The van der Waals surface area contributed by atoms with Gasteiger partial charge in [-0.15, -0.1) is 0 Å². The summed E-state index contributed by atoms with van der Waals surface area (Å²) in [5.74, 6) is 2.09. The SMILES string of the molecule is Cc1ccc(CCC(=O)Cc2cc3ccccc3cn2)c(N2CCC(C)CC2)n1. The first-order valence-corrected chi connectivity index (χ1v) is 10.7. The monoisotopic (exact) mass is 387 g/mol. The van der Waals surface area contributed by atoms with Gasteiger partial charge in [0.25, 0.3) is 0 Å². The van der Waals surface area contributed by atoms with Crippen molar-refractivity contribution in [3.05, 3.63) is 65.6 Å². The lowest BCUT2D eigenvalue weighted by atomic mass is 9.98. The van der Waals surface area contributed by atoms with Crippen LogP contribution in [0.15, 0.2) is 48.7 Å². The summed E-state index contributed by atoms with van der Waals surface area (Å²) in [6.07, 6.45) is 5.93. The summed E-state index contributed by atoms with van der Waals surface area (Å²) in [4.78, 5) is 24.3. The first-order chi connectivity index (χ1) is 14.1. The number of nitrogens with zero attached hydrogens (tertiary/aromatic N) is 3. The molecule has 3 aromatic rings. The molecule has 1 aliphatic heterocycles. The molecule has 1 aromatic carbocycles. The molecule has 1 aliphatic rings. The summed E-state index contributed by atoms with van der Waals surface area (Å²) >= 11 is 0. The predicted molar refractivity (Wildman–Crippen MR) is 118 cm³/mol. The largest absolute Gasteiger partial charge is 0.356 e. The molecule has 0 amide bonds. The second-order valence-electron chi connectivity index (χ2n) is 8.34. The molecule has 1 fully saturated rings. The van der Waals surface area contributed by atoms with Crippen LogP contribution in [0.3, 0.4) is 0 Å². The minimum Gasteiger partial charge on any atom is -0.356 e. The normalized spacial score (nSPS) is 15.0. The van der Waals surface area contributed by atoms with Crippen molar-refractivity contribution < 1.29 is 4.79 Å². The van der Waals surface area contributed by atoms with E-state index in [1.165, 1.54) is 18.4 Å². The van der Waals surface area contributed by atoms with Crippen molar-refractivity contribution in [2.24, 2.45) is 5.92 Å². The van der Waals surface area contributed by atoms with E-state index in [9.17, 15) is 4.79 Å². The maximum absolute atomic E-state index is 12.6. The average molecular weight is 388 g/mol. The Balaban J connectivity index is 1.42. The number of aryl methyl sites for hydroxylation is 2. The van der Waals surface area contributed by atoms with E-state index in [0.717, 1.165) is 53.4 Å². The number of pyridine rings is 2. The first kappa shape index (κ1) is 19.6. The van der Waals surface area contributed by atoms with Gasteiger partial charge in [0.15, 0.2) is 0 Å². The topological polar surface area (TPSA) is 46.1 Å². The van der Waals surface area contributed by atoms with Gasteiger partial charge in [0.1, 0.15) is 11.6 Å². The molecule has 150 valence electrons. The fourth-order valence-corrected chi connectivity index (χ4v) is 4.05. The Labute approximate surface area is 173 Å². The van der Waals surface area contributed by atoms with Gasteiger partial charge in [-0.3, -0.25) is 9.78 Å². The van der Waals surface area contributed by atoms with Gasteiger partial charge in [-0.05, 0) is 55.2 Å². The van der Waals surface area contributed by atoms with E-state index in [4.69, 9.17) is 4.98 Å². The van der Waals surface area contributed by atoms with Crippen LogP contribution in [0.5, 0.6) is 0 Å². The lowest BCUT2D eigenvalue weighted by Crippen LogP contribution is -2.34. The van der Waals surface area contributed by atoms with E-state index in [2.05, 4.69) is 35.0 Å². The zero-order chi connectivity index (χ0) is 20.2. The molecule has 0 aliphatic carbocycles. The molecular weight excluding hydrogens is 358 g/mol. The predicted octanol–water partition coefficient (Wildman–Crippen LogP) is 4.92. The quantitative estimate of drug-likeness (QED) is 0.602. The standard InChI is InChI=1S/C25H29N3O/c1-18-11-13-28(14-12-18)25-20(8-7-19(2)27-25)9-10-24(29)16-23-15-21-5-3-4-6-22(21)17-26-23/h3-8,15,17-18H,9-14,16H2,1-2H3. The van der Waals surface area contributed by atoms with Crippen molar-refractivity contribution >= 4 is 22.4 Å². The number of hydrogen-bond acceptors (Lipinski definition) is 4. The van der Waals surface area contributed by atoms with Crippen LogP contribution in [0.4, 0.5) is 5.82 Å². The summed E-state index contributed by atoms with van der Waals surface area (Å²) < 4.78 is 0. The molecule has 29 heavy (non-hydrogen) atoms. The third-order valence-corrected chi connectivity index (χ3v) is 5.92. The lowest BCUT2D eigenvalue weighted by Gasteiger charge is -2.32. The fourth-order valence-electron chi connectivity index (χ4n) is 4.05. The number of piperidine rings is 1. The van der Waals surface area contributed by atoms with Gasteiger partial charge in [-0.25, -0.2) is 4.98 Å². The summed E-state index contributed by atoms with van der Waals surface area (Å²) in [6.45, 7) is 6.47. The lowest BCUT2D eigenvalue weighted by molar-refractivity contribution is -0.118. The molecule has 0 atom stereocenters. The molecule has 0 N–H and O–H groups in total. The Morgan fingerprint density at radius 3 is 2.66 bits per heavy atom. The Kier molecular flexibility index (Phi) is 5.89. The Morgan fingerprint density at radius 1 is 1.10 bits per heavy atom. The fraction of sp³-hybridized carbons (Fsp3) is 0.400. The second-order valence-corrected chi connectivity index (χ2v) is 8.34. The number of carbonyl (C=O) groups is 1. The number of ketones is 1. The maximum Gasteiger partial charge on any atom is 0.139 e. The molecular formula is C25H29N3O. The van der Waals surface area contributed by atoms with Crippen LogP contribution in [0.1, 0.15) is 43.1 Å². The highest BCUT2D eigenvalue weighted by atomic mass is 16.1. The van der Waals surface area contributed by atoms with Gasteiger partial charge in [-0.2, -0.15) is 0 Å². The number of anilines is 1. The van der Waals surface area contributed by atoms with Crippen LogP contribution in [-0.2, 0) is 17.6 Å². The minimum absolute atomic E-state index is 0.228. The van der Waals surface area contributed by atoms with E-state index in [-0.39, 0.29) is 5.78 Å². The third kappa shape index (κ3) is 4.81. The smallest absolute Gasteiger partial charge is 0.139 e. The van der Waals surface area contributed by atoms with Crippen LogP contribution >= 0.6 is 0 Å². The van der Waals surface area contributed by atoms with E-state index >= 15 is 0 Å². The van der Waals surface area contributed by atoms with Gasteiger partial charge in [0.2, 0.25) is 0 Å². The van der Waals surface area contributed by atoms with Crippen molar-refractivity contribution in [3.63, 3.8) is 0 Å². The number of fused-ring (bicyclic) bond motifs is 1. The van der Waals surface area contributed by atoms with Crippen molar-refractivity contribution in [2.75, 3.05) is 18.0 Å². The molecule has 1 saturated heterocycles. The van der Waals surface area contributed by atoms with Gasteiger partial charge < -0.3 is 4.90 Å². The van der Waals surface area contributed by atoms with Crippen molar-refractivity contribution in [2.45, 2.75) is 46.0 Å². The minimum atomic E-state index is 0.228. The first-order valence-electron chi connectivity index (χ1n) is 10.7. The molecule has 4 rings (SSSR count). The third-order valence-electron chi connectivity index (χ3n) is 5.92. The molecule has 3 heterocycles. The summed E-state index contributed by atoms with van der Waals surface area (Å²) in [5.41, 5.74) is 3.07. The van der Waals surface area contributed by atoms with Crippen molar-refractivity contribution in [1.82, 2.24) is 9.97 Å². The Morgan fingerprint density at radius 2 is 1.86 bits per heavy atom. The Bertz CT molecular complexity index is 1010. The highest BCUT2D eigenvalue weighted by Gasteiger charge is 2.20. The molecule has 0 bridgehead atoms. The van der Waals surface area contributed by atoms with E-state index in [1.54, 1.807) is 0 Å². The highest BCUT2D eigenvalue weighted by molar-refractivity contribution is 5.85. The van der Waals surface area contributed by atoms with E-state index in [1.807, 2.05) is 37.4 Å². The summed E-state index contributed by atoms with van der Waals surface area (Å²) in [7, 11) is 0. The zero-order valence-corrected chi connectivity index (χ0v) is 17.4. The van der Waals surface area contributed by atoms with Gasteiger partial charge >= 0.3 is 0 Å². The van der Waals surface area contributed by atoms with Crippen LogP contribution < -0.4 is 4.90 Å². The van der Waals surface area contributed by atoms with Gasteiger partial charge in [0, 0.05) is 48.9 Å². The van der Waals surface area contributed by atoms with E-state index in [0.29, 0.717) is 12.8 Å². The molecule has 0 saturated carbocycles. The Hall–Kier alpha value is -2.75. The molecule has 0 radical (unpaired) electrons. The average Bonchev–Trinajstić information content (AvgIpc) is 2.73. The van der Waals surface area contributed by atoms with E-state index < -0.39 is 0 Å². The summed E-state index contributed by atoms with van der Waals surface area (Å²) in [6, 6.07) is 14.4. The molecule has 2 aromatic heterocycles. The number of benzene rings is 1. The molecule has 0 spiro atoms. The van der Waals surface area contributed by atoms with Crippen LogP contribution in [0.2, 0.25) is 0 Å². The number of carbonyl (C=O) groups excluding carboxylic acids is 1. The molecule has 0 unspecified atom stereocenters. The number of Topliss-reactive ketones (excluding diaryl/α,β-unsaturated/α-hetero) is 1.